The molecule has 1 saturated carbocycles. The second-order valence-corrected chi connectivity index (χ2v) is 3.54. The molecule has 0 aliphatic heterocycles. The van der Waals surface area contributed by atoms with E-state index in [0.29, 0.717) is 12.2 Å². The van der Waals surface area contributed by atoms with Gasteiger partial charge in [-0.1, -0.05) is 25.7 Å². The molecule has 0 heterocycles. The molecule has 12 heavy (non-hydrogen) atoms. The van der Waals surface area contributed by atoms with Crippen LogP contribution in [0.15, 0.2) is 0 Å². The summed E-state index contributed by atoms with van der Waals surface area (Å²) in [4.78, 5) is 0. The van der Waals surface area contributed by atoms with E-state index in [2.05, 4.69) is 0 Å². The van der Waals surface area contributed by atoms with Gasteiger partial charge in [-0.3, -0.25) is 0 Å². The average Bonchev–Trinajstić information content (AvgIpc) is 2.05. The first-order chi connectivity index (χ1) is 5.88. The van der Waals surface area contributed by atoms with E-state index in [9.17, 15) is 0 Å². The highest BCUT2D eigenvalue weighted by Crippen LogP contribution is 2.21. The molecule has 0 radical (unpaired) electrons. The Morgan fingerprint density at radius 3 is 1.50 bits per heavy atom. The summed E-state index contributed by atoms with van der Waals surface area (Å²) in [6.45, 7) is 0. The Morgan fingerprint density at radius 2 is 1.17 bits per heavy atom. The van der Waals surface area contributed by atoms with Crippen molar-refractivity contribution in [3.05, 3.63) is 0 Å². The zero-order valence-corrected chi connectivity index (χ0v) is 8.21. The second kappa shape index (κ2) is 5.55. The third-order valence-electron chi connectivity index (χ3n) is 2.75. The largest absolute Gasteiger partial charge is 0.379 e. The third-order valence-corrected chi connectivity index (χ3v) is 2.75. The lowest BCUT2D eigenvalue weighted by Crippen LogP contribution is -2.30. The summed E-state index contributed by atoms with van der Waals surface area (Å²) in [6.07, 6.45) is 8.28. The quantitative estimate of drug-likeness (QED) is 0.636. The van der Waals surface area contributed by atoms with E-state index in [4.69, 9.17) is 9.47 Å². The first kappa shape index (κ1) is 10.0. The number of rotatable bonds is 2. The van der Waals surface area contributed by atoms with Crippen LogP contribution in [0.2, 0.25) is 0 Å². The van der Waals surface area contributed by atoms with Crippen molar-refractivity contribution in [3.63, 3.8) is 0 Å². The van der Waals surface area contributed by atoms with Gasteiger partial charge in [0.1, 0.15) is 0 Å². The number of methoxy groups -OCH3 is 2. The van der Waals surface area contributed by atoms with Crippen molar-refractivity contribution in [3.8, 4) is 0 Å². The number of hydrogen-bond acceptors (Lipinski definition) is 2. The van der Waals surface area contributed by atoms with Gasteiger partial charge in [0, 0.05) is 14.2 Å². The molecule has 0 saturated heterocycles. The number of hydrogen-bond donors (Lipinski definition) is 0. The predicted octanol–water partition coefficient (Wildman–Crippen LogP) is 2.37. The molecule has 2 nitrogen and oxygen atoms in total. The molecule has 1 aliphatic carbocycles. The highest BCUT2D eigenvalue weighted by Gasteiger charge is 2.21. The first-order valence-electron chi connectivity index (χ1n) is 4.94. The van der Waals surface area contributed by atoms with E-state index in [1.165, 1.54) is 25.7 Å². The van der Waals surface area contributed by atoms with Gasteiger partial charge in [0.05, 0.1) is 12.2 Å². The summed E-state index contributed by atoms with van der Waals surface area (Å²) in [5.74, 6) is 0. The van der Waals surface area contributed by atoms with Gasteiger partial charge in [-0.2, -0.15) is 0 Å². The Labute approximate surface area is 75.2 Å². The monoisotopic (exact) mass is 172 g/mol. The summed E-state index contributed by atoms with van der Waals surface area (Å²) in [7, 11) is 3.58. The second-order valence-electron chi connectivity index (χ2n) is 3.54. The highest BCUT2D eigenvalue weighted by molar-refractivity contribution is 4.72. The van der Waals surface area contributed by atoms with Crippen molar-refractivity contribution < 1.29 is 9.47 Å². The molecule has 1 rings (SSSR count). The van der Waals surface area contributed by atoms with Gasteiger partial charge in [-0.25, -0.2) is 0 Å². The van der Waals surface area contributed by atoms with Gasteiger partial charge in [-0.15, -0.1) is 0 Å². The van der Waals surface area contributed by atoms with Gasteiger partial charge in [-0.05, 0) is 12.8 Å². The van der Waals surface area contributed by atoms with Crippen molar-refractivity contribution in [2.24, 2.45) is 0 Å². The molecule has 0 spiro atoms. The Kier molecular flexibility index (Phi) is 4.62. The molecule has 0 unspecified atom stereocenters. The van der Waals surface area contributed by atoms with Crippen LogP contribution in [0.4, 0.5) is 0 Å². The van der Waals surface area contributed by atoms with Crippen LogP contribution in [0.3, 0.4) is 0 Å². The number of ether oxygens (including phenoxy) is 2. The Hall–Kier alpha value is -0.0800. The smallest absolute Gasteiger partial charge is 0.0832 e. The van der Waals surface area contributed by atoms with E-state index in [1.807, 2.05) is 0 Å². The molecule has 0 N–H and O–H groups in total. The maximum Gasteiger partial charge on any atom is 0.0832 e. The van der Waals surface area contributed by atoms with E-state index in [1.54, 1.807) is 14.2 Å². The van der Waals surface area contributed by atoms with Crippen LogP contribution >= 0.6 is 0 Å². The van der Waals surface area contributed by atoms with Crippen molar-refractivity contribution in [1.29, 1.82) is 0 Å². The lowest BCUT2D eigenvalue weighted by molar-refractivity contribution is -0.0481. The molecule has 2 heteroatoms. The Morgan fingerprint density at radius 1 is 0.750 bits per heavy atom. The van der Waals surface area contributed by atoms with E-state index in [-0.39, 0.29) is 0 Å². The van der Waals surface area contributed by atoms with Gasteiger partial charge in [0.15, 0.2) is 0 Å². The minimum atomic E-state index is 0.329. The van der Waals surface area contributed by atoms with Gasteiger partial charge in [0.25, 0.3) is 0 Å². The lowest BCUT2D eigenvalue weighted by Gasteiger charge is -2.26. The predicted molar refractivity (Wildman–Crippen MR) is 49.3 cm³/mol. The fourth-order valence-electron chi connectivity index (χ4n) is 1.96. The van der Waals surface area contributed by atoms with E-state index >= 15 is 0 Å². The molecule has 0 amide bonds. The van der Waals surface area contributed by atoms with Crippen molar-refractivity contribution in [1.82, 2.24) is 0 Å². The summed E-state index contributed by atoms with van der Waals surface area (Å²) in [5, 5.41) is 0. The fraction of sp³-hybridized carbons (Fsp3) is 1.00. The molecular formula is C10H20O2. The van der Waals surface area contributed by atoms with Gasteiger partial charge in [0.2, 0.25) is 0 Å². The topological polar surface area (TPSA) is 18.5 Å². The molecule has 1 aliphatic rings. The van der Waals surface area contributed by atoms with Crippen LogP contribution in [0.5, 0.6) is 0 Å². The molecule has 0 aromatic rings. The summed E-state index contributed by atoms with van der Waals surface area (Å²) >= 11 is 0. The molecule has 0 aromatic carbocycles. The first-order valence-corrected chi connectivity index (χ1v) is 4.94. The molecular weight excluding hydrogens is 152 g/mol. The molecule has 72 valence electrons. The lowest BCUT2D eigenvalue weighted by atomic mass is 9.96. The van der Waals surface area contributed by atoms with Crippen LogP contribution < -0.4 is 0 Å². The maximum atomic E-state index is 5.41. The third kappa shape index (κ3) is 2.76. The van der Waals surface area contributed by atoms with Gasteiger partial charge >= 0.3 is 0 Å². The minimum absolute atomic E-state index is 0.329. The minimum Gasteiger partial charge on any atom is -0.379 e. The SMILES string of the molecule is CO[C@H]1CCCCCC[C@@H]1OC. The molecule has 0 bridgehead atoms. The van der Waals surface area contributed by atoms with Crippen molar-refractivity contribution >= 4 is 0 Å². The van der Waals surface area contributed by atoms with Gasteiger partial charge < -0.3 is 9.47 Å². The summed E-state index contributed by atoms with van der Waals surface area (Å²) < 4.78 is 10.8. The van der Waals surface area contributed by atoms with Crippen LogP contribution in [0, 0.1) is 0 Å². The molecule has 0 aromatic heterocycles. The molecule has 2 atom stereocenters. The van der Waals surface area contributed by atoms with E-state index < -0.39 is 0 Å². The van der Waals surface area contributed by atoms with Crippen LogP contribution in [-0.4, -0.2) is 26.4 Å². The standard InChI is InChI=1S/C10H20O2/c1-11-9-7-5-3-4-6-8-10(9)12-2/h9-10H,3-8H2,1-2H3/t9-,10-/m0/s1. The van der Waals surface area contributed by atoms with Crippen LogP contribution in [-0.2, 0) is 9.47 Å². The molecule has 1 fully saturated rings. The van der Waals surface area contributed by atoms with E-state index in [0.717, 1.165) is 12.8 Å². The van der Waals surface area contributed by atoms with Crippen molar-refractivity contribution in [2.75, 3.05) is 14.2 Å². The summed E-state index contributed by atoms with van der Waals surface area (Å²) in [6, 6.07) is 0. The van der Waals surface area contributed by atoms with Crippen molar-refractivity contribution in [2.45, 2.75) is 50.7 Å². The maximum absolute atomic E-state index is 5.41. The Bertz CT molecular complexity index is 100. The van der Waals surface area contributed by atoms with Crippen LogP contribution in [0.25, 0.3) is 0 Å². The summed E-state index contributed by atoms with van der Waals surface area (Å²) in [5.41, 5.74) is 0. The zero-order valence-electron chi connectivity index (χ0n) is 8.21. The average molecular weight is 172 g/mol. The highest BCUT2D eigenvalue weighted by atomic mass is 16.5. The Balaban J connectivity index is 2.39. The normalized spacial score (nSPS) is 32.5. The fourth-order valence-corrected chi connectivity index (χ4v) is 1.96. The van der Waals surface area contributed by atoms with Crippen LogP contribution in [0.1, 0.15) is 38.5 Å². The zero-order chi connectivity index (χ0) is 8.81.